The largest absolute Gasteiger partial charge is 0.472 e. The van der Waals surface area contributed by atoms with Gasteiger partial charge < -0.3 is 14.2 Å². The zero-order valence-electron chi connectivity index (χ0n) is 18.3. The van der Waals surface area contributed by atoms with Crippen LogP contribution >= 0.6 is 0 Å². The maximum absolute atomic E-state index is 13.5. The van der Waals surface area contributed by atoms with Crippen molar-refractivity contribution >= 4 is 23.6 Å². The zero-order chi connectivity index (χ0) is 23.1. The summed E-state index contributed by atoms with van der Waals surface area (Å²) >= 11 is 0. The van der Waals surface area contributed by atoms with Crippen molar-refractivity contribution in [2.45, 2.75) is 18.9 Å². The monoisotopic (exact) mass is 452 g/mol. The number of nitrogens with zero attached hydrogens (tertiary/aromatic N) is 4. The molecule has 4 aromatic rings. The molecule has 0 amide bonds. The predicted molar refractivity (Wildman–Crippen MR) is 127 cm³/mol. The van der Waals surface area contributed by atoms with Gasteiger partial charge in [0.25, 0.3) is 0 Å². The summed E-state index contributed by atoms with van der Waals surface area (Å²) in [5, 5.41) is 0. The van der Waals surface area contributed by atoms with Gasteiger partial charge in [0, 0.05) is 36.5 Å². The van der Waals surface area contributed by atoms with Crippen molar-refractivity contribution in [3.63, 3.8) is 0 Å². The van der Waals surface area contributed by atoms with Gasteiger partial charge in [-0.3, -0.25) is 4.79 Å². The first kappa shape index (κ1) is 20.4. The molecule has 0 saturated heterocycles. The van der Waals surface area contributed by atoms with E-state index in [0.717, 1.165) is 29.9 Å². The smallest absolute Gasteiger partial charge is 0.233 e. The molecule has 0 spiro atoms. The second kappa shape index (κ2) is 8.26. The lowest BCUT2D eigenvalue weighted by Crippen LogP contribution is -2.19. The number of aromatic nitrogens is 3. The topological polar surface area (TPSA) is 60.3 Å². The molecule has 0 saturated carbocycles. The number of allylic oxidation sites excluding steroid dienone is 1. The molecule has 6 rings (SSSR count). The van der Waals surface area contributed by atoms with E-state index in [0.29, 0.717) is 11.5 Å². The highest BCUT2D eigenvalue weighted by Crippen LogP contribution is 2.35. The first-order chi connectivity index (χ1) is 16.7. The number of ketones is 1. The molecule has 6 nitrogen and oxygen atoms in total. The molecule has 2 aliphatic rings. The Balaban J connectivity index is 1.35. The Bertz CT molecular complexity index is 1410. The van der Waals surface area contributed by atoms with Crippen molar-refractivity contribution in [3.8, 4) is 5.88 Å². The van der Waals surface area contributed by atoms with Crippen LogP contribution in [-0.4, -0.2) is 26.9 Å². The third-order valence-electron chi connectivity index (χ3n) is 6.28. The number of anilines is 2. The van der Waals surface area contributed by atoms with Gasteiger partial charge in [-0.1, -0.05) is 36.4 Å². The van der Waals surface area contributed by atoms with Crippen LogP contribution in [0.4, 0.5) is 16.0 Å². The lowest BCUT2D eigenvalue weighted by atomic mass is 9.97. The van der Waals surface area contributed by atoms with E-state index >= 15 is 0 Å². The molecule has 0 aliphatic carbocycles. The standard InChI is InChI=1S/C27H21FN4O2/c28-20-9-7-18(8-10-20)17-34-26-22(25(33)21-12-14-31-13-3-6-24(21)31)16-29-27(30-26)32-15-11-19-4-1-2-5-23(19)32/h1-10,12-14,16,21H,11,15,17H2. The van der Waals surface area contributed by atoms with Gasteiger partial charge in [-0.25, -0.2) is 9.37 Å². The number of carbonyl (C=O) groups is 1. The number of hydrogen-bond donors (Lipinski definition) is 0. The maximum Gasteiger partial charge on any atom is 0.233 e. The van der Waals surface area contributed by atoms with E-state index in [2.05, 4.69) is 16.0 Å². The van der Waals surface area contributed by atoms with Gasteiger partial charge in [-0.15, -0.1) is 0 Å². The van der Waals surface area contributed by atoms with Crippen molar-refractivity contribution < 1.29 is 13.9 Å². The van der Waals surface area contributed by atoms with E-state index in [-0.39, 0.29) is 24.1 Å². The third-order valence-corrected chi connectivity index (χ3v) is 6.28. The van der Waals surface area contributed by atoms with E-state index < -0.39 is 5.92 Å². The highest BCUT2D eigenvalue weighted by molar-refractivity contribution is 6.04. The molecule has 7 heteroatoms. The molecule has 1 unspecified atom stereocenters. The lowest BCUT2D eigenvalue weighted by Gasteiger charge is -2.19. The highest BCUT2D eigenvalue weighted by Gasteiger charge is 2.30. The molecule has 0 N–H and O–H groups in total. The minimum atomic E-state index is -0.426. The number of benzene rings is 2. The summed E-state index contributed by atoms with van der Waals surface area (Å²) < 4.78 is 21.3. The number of carbonyl (C=O) groups excluding carboxylic acids is 1. The van der Waals surface area contributed by atoms with Crippen molar-refractivity contribution in [1.82, 2.24) is 14.5 Å². The summed E-state index contributed by atoms with van der Waals surface area (Å²) in [6, 6.07) is 18.1. The highest BCUT2D eigenvalue weighted by atomic mass is 19.1. The van der Waals surface area contributed by atoms with Gasteiger partial charge in [0.15, 0.2) is 5.78 Å². The fourth-order valence-corrected chi connectivity index (χ4v) is 4.52. The fourth-order valence-electron chi connectivity index (χ4n) is 4.52. The van der Waals surface area contributed by atoms with Crippen LogP contribution in [0, 0.1) is 5.82 Å². The van der Waals surface area contributed by atoms with Crippen molar-refractivity contribution in [3.05, 3.63) is 107 Å². The summed E-state index contributed by atoms with van der Waals surface area (Å²) in [6.45, 7) is 0.910. The van der Waals surface area contributed by atoms with Crippen LogP contribution in [0.2, 0.25) is 0 Å². The van der Waals surface area contributed by atoms with Gasteiger partial charge in [-0.05, 0) is 47.9 Å². The first-order valence-corrected chi connectivity index (χ1v) is 11.2. The van der Waals surface area contributed by atoms with Crippen molar-refractivity contribution in [2.75, 3.05) is 11.4 Å². The van der Waals surface area contributed by atoms with E-state index in [4.69, 9.17) is 4.74 Å². The Morgan fingerprint density at radius 3 is 2.82 bits per heavy atom. The summed E-state index contributed by atoms with van der Waals surface area (Å²) in [5.41, 5.74) is 4.29. The van der Waals surface area contributed by atoms with Crippen LogP contribution in [0.1, 0.15) is 33.1 Å². The first-order valence-electron chi connectivity index (χ1n) is 11.2. The van der Waals surface area contributed by atoms with Gasteiger partial charge in [0.2, 0.25) is 11.8 Å². The van der Waals surface area contributed by atoms with Crippen LogP contribution in [0.15, 0.2) is 79.1 Å². The van der Waals surface area contributed by atoms with E-state index in [1.165, 1.54) is 17.7 Å². The number of halogens is 1. The number of para-hydroxylation sites is 1. The van der Waals surface area contributed by atoms with Crippen LogP contribution in [0.3, 0.4) is 0 Å². The molecule has 1 atom stereocenters. The van der Waals surface area contributed by atoms with E-state index in [1.54, 1.807) is 18.3 Å². The van der Waals surface area contributed by atoms with Crippen LogP contribution in [0.25, 0.3) is 6.20 Å². The SMILES string of the molecule is O=C(c1cnc(N2CCc3ccccc32)nc1OCc1ccc(F)cc1)C1C=Cn2cccc21. The number of Topliss-reactive ketones (excluding diaryl/α,β-unsaturated/α-hetero) is 1. The molecular weight excluding hydrogens is 431 g/mol. The Morgan fingerprint density at radius 1 is 1.09 bits per heavy atom. The molecule has 0 bridgehead atoms. The summed E-state index contributed by atoms with van der Waals surface area (Å²) in [6.07, 6.45) is 8.12. The Kier molecular flexibility index (Phi) is 4.95. The Morgan fingerprint density at radius 2 is 1.94 bits per heavy atom. The van der Waals surface area contributed by atoms with Crippen molar-refractivity contribution in [2.24, 2.45) is 0 Å². The molecule has 168 valence electrons. The van der Waals surface area contributed by atoms with E-state index in [9.17, 15) is 9.18 Å². The molecule has 34 heavy (non-hydrogen) atoms. The molecule has 0 fully saturated rings. The minimum absolute atomic E-state index is 0.129. The third kappa shape index (κ3) is 3.55. The van der Waals surface area contributed by atoms with Crippen LogP contribution in [-0.2, 0) is 13.0 Å². The summed E-state index contributed by atoms with van der Waals surface area (Å²) in [5.74, 6) is -0.156. The number of ether oxygens (including phenoxy) is 1. The zero-order valence-corrected chi connectivity index (χ0v) is 18.3. The minimum Gasteiger partial charge on any atom is -0.472 e. The number of hydrogen-bond acceptors (Lipinski definition) is 5. The molecular formula is C27H21FN4O2. The average Bonchev–Trinajstić information content (AvgIpc) is 3.59. The van der Waals surface area contributed by atoms with Gasteiger partial charge in [0.05, 0.1) is 11.5 Å². The number of fused-ring (bicyclic) bond motifs is 2. The van der Waals surface area contributed by atoms with Gasteiger partial charge in [0.1, 0.15) is 12.4 Å². The van der Waals surface area contributed by atoms with Crippen LogP contribution < -0.4 is 9.64 Å². The van der Waals surface area contributed by atoms with Crippen molar-refractivity contribution in [1.29, 1.82) is 0 Å². The predicted octanol–water partition coefficient (Wildman–Crippen LogP) is 5.14. The molecule has 2 aliphatic heterocycles. The molecule has 4 heterocycles. The second-order valence-electron chi connectivity index (χ2n) is 8.36. The van der Waals surface area contributed by atoms with E-state index in [1.807, 2.05) is 58.3 Å². The van der Waals surface area contributed by atoms with Gasteiger partial charge >= 0.3 is 0 Å². The Hall–Kier alpha value is -4.26. The maximum atomic E-state index is 13.5. The summed E-state index contributed by atoms with van der Waals surface area (Å²) in [4.78, 5) is 24.8. The quantitative estimate of drug-likeness (QED) is 0.379. The normalized spacial score (nSPS) is 15.9. The molecule has 2 aromatic heterocycles. The second-order valence-corrected chi connectivity index (χ2v) is 8.36. The fraction of sp³-hybridized carbons (Fsp3) is 0.148. The summed E-state index contributed by atoms with van der Waals surface area (Å²) in [7, 11) is 0. The Labute approximate surface area is 196 Å². The number of rotatable bonds is 6. The molecule has 2 aromatic carbocycles. The average molecular weight is 452 g/mol. The van der Waals surface area contributed by atoms with Gasteiger partial charge in [-0.2, -0.15) is 4.98 Å². The molecule has 0 radical (unpaired) electrons. The van der Waals surface area contributed by atoms with Crippen LogP contribution in [0.5, 0.6) is 5.88 Å². The lowest BCUT2D eigenvalue weighted by molar-refractivity contribution is 0.0970.